The number of nitrogens with zero attached hydrogens (tertiary/aromatic N) is 1. The average molecular weight is 527 g/mol. The van der Waals surface area contributed by atoms with Gasteiger partial charge < -0.3 is 15.0 Å². The first-order chi connectivity index (χ1) is 16.5. The third-order valence-corrected chi connectivity index (χ3v) is 5.73. The van der Waals surface area contributed by atoms with Crippen LogP contribution in [0.25, 0.3) is 0 Å². The summed E-state index contributed by atoms with van der Waals surface area (Å²) in [7, 11) is 0. The van der Waals surface area contributed by atoms with Crippen LogP contribution in [-0.2, 0) is 22.6 Å². The highest BCUT2D eigenvalue weighted by atomic mass is 79.9. The molecule has 0 radical (unpaired) electrons. The molecule has 34 heavy (non-hydrogen) atoms. The van der Waals surface area contributed by atoms with E-state index in [1.807, 2.05) is 61.5 Å². The molecule has 0 aromatic heterocycles. The molecule has 0 aliphatic carbocycles. The highest BCUT2D eigenvalue weighted by Crippen LogP contribution is 2.19. The van der Waals surface area contributed by atoms with Gasteiger partial charge in [0.15, 0.2) is 6.61 Å². The normalized spacial score (nSPS) is 11.5. The fourth-order valence-corrected chi connectivity index (χ4v) is 3.96. The van der Waals surface area contributed by atoms with E-state index in [-0.39, 0.29) is 30.8 Å². The van der Waals surface area contributed by atoms with Crippen LogP contribution in [0.1, 0.15) is 24.5 Å². The molecule has 0 saturated carbocycles. The second-order valence-electron chi connectivity index (χ2n) is 7.89. The van der Waals surface area contributed by atoms with E-state index in [1.165, 1.54) is 24.3 Å². The summed E-state index contributed by atoms with van der Waals surface area (Å²) in [6, 6.07) is 22.0. The Bertz CT molecular complexity index is 1080. The molecule has 1 N–H and O–H groups in total. The van der Waals surface area contributed by atoms with Crippen LogP contribution in [0.4, 0.5) is 4.39 Å². The maximum Gasteiger partial charge on any atom is 0.261 e. The summed E-state index contributed by atoms with van der Waals surface area (Å²) in [5.41, 5.74) is 1.83. The molecule has 3 aromatic rings. The lowest BCUT2D eigenvalue weighted by Gasteiger charge is -2.31. The standard InChI is InChI=1S/C27H28BrFN2O3/c1-2-15-30-27(33)25(17-20-7-4-3-5-8-20)31(18-21-9-6-10-22(28)16-21)26(32)19-34-24-13-11-23(29)12-14-24/h3-14,16,25H,2,15,17-19H2,1H3,(H,30,33)/t25-/m0/s1. The topological polar surface area (TPSA) is 58.6 Å². The Hall–Kier alpha value is -3.19. The van der Waals surface area contributed by atoms with Gasteiger partial charge >= 0.3 is 0 Å². The van der Waals surface area contributed by atoms with Crippen LogP contribution >= 0.6 is 15.9 Å². The first kappa shape index (κ1) is 25.4. The molecule has 0 spiro atoms. The van der Waals surface area contributed by atoms with Crippen molar-refractivity contribution in [2.75, 3.05) is 13.2 Å². The Kier molecular flexibility index (Phi) is 9.64. The van der Waals surface area contributed by atoms with Gasteiger partial charge in [-0.25, -0.2) is 4.39 Å². The van der Waals surface area contributed by atoms with E-state index >= 15 is 0 Å². The average Bonchev–Trinajstić information content (AvgIpc) is 2.85. The monoisotopic (exact) mass is 526 g/mol. The molecule has 0 bridgehead atoms. The molecule has 0 heterocycles. The Morgan fingerprint density at radius 1 is 1.00 bits per heavy atom. The molecule has 3 aromatic carbocycles. The van der Waals surface area contributed by atoms with Crippen molar-refractivity contribution in [3.63, 3.8) is 0 Å². The van der Waals surface area contributed by atoms with E-state index in [4.69, 9.17) is 4.74 Å². The zero-order valence-electron chi connectivity index (χ0n) is 19.0. The van der Waals surface area contributed by atoms with Gasteiger partial charge in [0.05, 0.1) is 0 Å². The van der Waals surface area contributed by atoms with E-state index < -0.39 is 6.04 Å². The van der Waals surface area contributed by atoms with Crippen molar-refractivity contribution >= 4 is 27.7 Å². The third-order valence-electron chi connectivity index (χ3n) is 5.24. The van der Waals surface area contributed by atoms with E-state index in [9.17, 15) is 14.0 Å². The lowest BCUT2D eigenvalue weighted by atomic mass is 10.0. The number of carbonyl (C=O) groups excluding carboxylic acids is 2. The molecule has 1 atom stereocenters. The molecule has 0 aliphatic rings. The second kappa shape index (κ2) is 12.9. The van der Waals surface area contributed by atoms with Crippen LogP contribution in [0, 0.1) is 5.82 Å². The van der Waals surface area contributed by atoms with Gasteiger partial charge in [0.2, 0.25) is 5.91 Å². The van der Waals surface area contributed by atoms with Gasteiger partial charge in [-0.3, -0.25) is 9.59 Å². The van der Waals surface area contributed by atoms with Gasteiger partial charge in [0, 0.05) is 24.0 Å². The predicted octanol–water partition coefficient (Wildman–Crippen LogP) is 5.13. The van der Waals surface area contributed by atoms with Crippen LogP contribution < -0.4 is 10.1 Å². The molecule has 178 valence electrons. The molecule has 0 aliphatic heterocycles. The number of benzene rings is 3. The third kappa shape index (κ3) is 7.70. The zero-order chi connectivity index (χ0) is 24.3. The van der Waals surface area contributed by atoms with E-state index in [1.54, 1.807) is 4.90 Å². The Morgan fingerprint density at radius 2 is 1.71 bits per heavy atom. The maximum absolute atomic E-state index is 13.4. The van der Waals surface area contributed by atoms with Crippen LogP contribution in [-0.4, -0.2) is 35.9 Å². The van der Waals surface area contributed by atoms with Gasteiger partial charge in [-0.1, -0.05) is 65.3 Å². The minimum atomic E-state index is -0.725. The zero-order valence-corrected chi connectivity index (χ0v) is 20.6. The predicted molar refractivity (Wildman–Crippen MR) is 134 cm³/mol. The number of ether oxygens (including phenoxy) is 1. The molecule has 7 heteroatoms. The SMILES string of the molecule is CCCNC(=O)[C@H](Cc1ccccc1)N(Cc1cccc(Br)c1)C(=O)COc1ccc(F)cc1. The van der Waals surface area contributed by atoms with Gasteiger partial charge in [-0.2, -0.15) is 0 Å². The number of halogens is 2. The van der Waals surface area contributed by atoms with E-state index in [2.05, 4.69) is 21.2 Å². The lowest BCUT2D eigenvalue weighted by molar-refractivity contribution is -0.142. The fourth-order valence-electron chi connectivity index (χ4n) is 3.51. The van der Waals surface area contributed by atoms with E-state index in [0.29, 0.717) is 18.7 Å². The molecule has 0 unspecified atom stereocenters. The lowest BCUT2D eigenvalue weighted by Crippen LogP contribution is -2.51. The Morgan fingerprint density at radius 3 is 2.38 bits per heavy atom. The van der Waals surface area contributed by atoms with Crippen molar-refractivity contribution in [2.45, 2.75) is 32.4 Å². The van der Waals surface area contributed by atoms with Gasteiger partial charge in [-0.15, -0.1) is 0 Å². The van der Waals surface area contributed by atoms with Gasteiger partial charge in [-0.05, 0) is 53.9 Å². The summed E-state index contributed by atoms with van der Waals surface area (Å²) in [5, 5.41) is 2.94. The first-order valence-corrected chi connectivity index (χ1v) is 12.0. The second-order valence-corrected chi connectivity index (χ2v) is 8.81. The smallest absolute Gasteiger partial charge is 0.261 e. The maximum atomic E-state index is 13.4. The molecule has 5 nitrogen and oxygen atoms in total. The summed E-state index contributed by atoms with van der Waals surface area (Å²) in [5.74, 6) is -0.551. The quantitative estimate of drug-likeness (QED) is 0.376. The van der Waals surface area contributed by atoms with Crippen molar-refractivity contribution in [1.29, 1.82) is 0 Å². The van der Waals surface area contributed by atoms with E-state index in [0.717, 1.165) is 22.0 Å². The Balaban J connectivity index is 1.88. The van der Waals surface area contributed by atoms with Crippen molar-refractivity contribution in [3.05, 3.63) is 100 Å². The summed E-state index contributed by atoms with van der Waals surface area (Å²) < 4.78 is 19.7. The number of hydrogen-bond donors (Lipinski definition) is 1. The van der Waals surface area contributed by atoms with Crippen LogP contribution in [0.2, 0.25) is 0 Å². The van der Waals surface area contributed by atoms with Crippen molar-refractivity contribution in [1.82, 2.24) is 10.2 Å². The molecule has 0 saturated heterocycles. The highest BCUT2D eigenvalue weighted by molar-refractivity contribution is 9.10. The number of amides is 2. The van der Waals surface area contributed by atoms with Crippen molar-refractivity contribution in [3.8, 4) is 5.75 Å². The fraction of sp³-hybridized carbons (Fsp3) is 0.259. The number of nitrogens with one attached hydrogen (secondary N) is 1. The van der Waals surface area contributed by atoms with Crippen LogP contribution in [0.15, 0.2) is 83.3 Å². The summed E-state index contributed by atoms with van der Waals surface area (Å²) in [4.78, 5) is 28.2. The Labute approximate surface area is 208 Å². The molecule has 3 rings (SSSR count). The van der Waals surface area contributed by atoms with Gasteiger partial charge in [0.25, 0.3) is 5.91 Å². The molecule has 0 fully saturated rings. The van der Waals surface area contributed by atoms with Crippen LogP contribution in [0.5, 0.6) is 5.75 Å². The molecule has 2 amide bonds. The summed E-state index contributed by atoms with van der Waals surface area (Å²) in [6.45, 7) is 2.47. The molecular weight excluding hydrogens is 499 g/mol. The summed E-state index contributed by atoms with van der Waals surface area (Å²) >= 11 is 3.47. The number of hydrogen-bond acceptors (Lipinski definition) is 3. The molecular formula is C27H28BrFN2O3. The van der Waals surface area contributed by atoms with Crippen LogP contribution in [0.3, 0.4) is 0 Å². The minimum absolute atomic E-state index is 0.212. The largest absolute Gasteiger partial charge is 0.484 e. The van der Waals surface area contributed by atoms with Crippen molar-refractivity contribution < 1.29 is 18.7 Å². The van der Waals surface area contributed by atoms with Gasteiger partial charge in [0.1, 0.15) is 17.6 Å². The summed E-state index contributed by atoms with van der Waals surface area (Å²) in [6.07, 6.45) is 1.16. The minimum Gasteiger partial charge on any atom is -0.484 e. The number of carbonyl (C=O) groups is 2. The van der Waals surface area contributed by atoms with Crippen molar-refractivity contribution in [2.24, 2.45) is 0 Å². The number of rotatable bonds is 11. The first-order valence-electron chi connectivity index (χ1n) is 11.2. The highest BCUT2D eigenvalue weighted by Gasteiger charge is 2.30.